The van der Waals surface area contributed by atoms with Gasteiger partial charge in [-0.05, 0) is 131 Å². The lowest BCUT2D eigenvalue weighted by Crippen LogP contribution is -2.33. The van der Waals surface area contributed by atoms with Crippen LogP contribution in [0.4, 0.5) is 11.6 Å². The highest BCUT2D eigenvalue weighted by Crippen LogP contribution is 2.35. The molecule has 21 heteroatoms. The van der Waals surface area contributed by atoms with Crippen molar-refractivity contribution in [2.75, 3.05) is 35.4 Å². The van der Waals surface area contributed by atoms with Gasteiger partial charge in [0.15, 0.2) is 17.2 Å². The predicted octanol–water partition coefficient (Wildman–Crippen LogP) is 5.63. The molecule has 4 aromatic heterocycles. The zero-order chi connectivity index (χ0) is 51.4. The number of aromatic nitrogens is 6. The minimum atomic E-state index is -0.738. The molecule has 0 radical (unpaired) electrons. The van der Waals surface area contributed by atoms with Gasteiger partial charge in [0, 0.05) is 41.2 Å². The number of carbonyl (C=O) groups excluding carboxylic acids is 6. The number of allylic oxidation sites excluding steroid dienone is 3. The summed E-state index contributed by atoms with van der Waals surface area (Å²) < 4.78 is 2.44. The monoisotopic (exact) mass is 982 g/mol. The van der Waals surface area contributed by atoms with Crippen molar-refractivity contribution in [1.29, 1.82) is 0 Å². The molecule has 6 aromatic rings. The number of pyridine rings is 2. The van der Waals surface area contributed by atoms with Gasteiger partial charge in [0.05, 0.1) is 12.1 Å². The van der Waals surface area contributed by atoms with Crippen LogP contribution in [0.5, 0.6) is 0 Å². The molecule has 11 N–H and O–H groups in total. The number of nitrogens with one attached hydrogen (secondary N) is 3. The standard InChI is InChI=1S/C25H27N7O3.C21H23N7O2.C4H5ClO/c1-3-5-20(33)31-13-4-6-18(31)24-30-21(22(23(26)34)32(24)27)16-8-10-17(11-9-16)25(35)29-19-12-7-15(2)14-28-19;1-12-4-9-16(25-11-12)26-21(30)14-7-5-13(6-8-14)17-18(19(22)29)28(23)20(27-17)15-3-2-10-24-15;1-2-3-4(5)6/h3,5,7-12,14,18H,4,6,13,27H2,1-2H3,(H2,26,34)(H,28,29,35);4-9,11,15,24H,2-3,10,23H2,1H3,(H2,22,29)(H,25,26,30);2-3H,1H3/b5-3+;;3-2+/t18-;15-;/m00./s1. The zero-order valence-electron chi connectivity index (χ0n) is 39.6. The Hall–Kier alpha value is -8.49. The molecule has 2 aromatic carbocycles. The molecule has 368 valence electrons. The van der Waals surface area contributed by atoms with Crippen LogP contribution in [0, 0.1) is 13.8 Å². The Kier molecular flexibility index (Phi) is 17.3. The highest BCUT2D eigenvalue weighted by atomic mass is 35.5. The number of carbonyl (C=O) groups is 6. The first-order valence-electron chi connectivity index (χ1n) is 22.5. The zero-order valence-corrected chi connectivity index (χ0v) is 40.3. The number of amides is 5. The maximum atomic E-state index is 12.6. The molecule has 6 heterocycles. The van der Waals surface area contributed by atoms with E-state index in [1.54, 1.807) is 104 Å². The van der Waals surface area contributed by atoms with Crippen LogP contribution in [0.25, 0.3) is 22.5 Å². The van der Waals surface area contributed by atoms with Crippen LogP contribution in [0.1, 0.15) is 116 Å². The van der Waals surface area contributed by atoms with Gasteiger partial charge in [0.1, 0.15) is 28.8 Å². The number of imidazole rings is 2. The van der Waals surface area contributed by atoms with Crippen molar-refractivity contribution < 1.29 is 28.8 Å². The lowest BCUT2D eigenvalue weighted by Gasteiger charge is -2.22. The van der Waals surface area contributed by atoms with E-state index in [2.05, 4.69) is 35.9 Å². The number of anilines is 2. The van der Waals surface area contributed by atoms with E-state index in [-0.39, 0.29) is 41.2 Å². The molecule has 2 saturated heterocycles. The quantitative estimate of drug-likeness (QED) is 0.0445. The molecule has 8 rings (SSSR count). The lowest BCUT2D eigenvalue weighted by atomic mass is 10.1. The summed E-state index contributed by atoms with van der Waals surface area (Å²) in [4.78, 5) is 90.9. The third kappa shape index (κ3) is 12.8. The number of aryl methyl sites for hydroxylation is 2. The average molecular weight is 984 g/mol. The maximum absolute atomic E-state index is 12.6. The molecular formula is C50H55ClN14O6. The van der Waals surface area contributed by atoms with E-state index in [9.17, 15) is 28.8 Å². The Bertz CT molecular complexity index is 2960. The first-order chi connectivity index (χ1) is 34.0. The number of hydrogen-bond donors (Lipinski definition) is 7. The molecule has 0 saturated carbocycles. The van der Waals surface area contributed by atoms with Gasteiger partial charge in [0.2, 0.25) is 11.1 Å². The Balaban J connectivity index is 0.000000210. The minimum Gasteiger partial charge on any atom is -0.364 e. The molecule has 0 bridgehead atoms. The number of halogens is 1. The van der Waals surface area contributed by atoms with Gasteiger partial charge in [-0.1, -0.05) is 48.6 Å². The molecule has 0 spiro atoms. The smallest absolute Gasteiger partial charge is 0.269 e. The van der Waals surface area contributed by atoms with Crippen LogP contribution in [-0.2, 0) is 9.59 Å². The molecule has 2 aliphatic heterocycles. The number of primary amides is 2. The van der Waals surface area contributed by atoms with E-state index in [1.807, 2.05) is 26.0 Å². The second-order valence-corrected chi connectivity index (χ2v) is 16.8. The van der Waals surface area contributed by atoms with Crippen LogP contribution < -0.4 is 39.1 Å². The number of nitrogens with zero attached hydrogens (tertiary/aromatic N) is 7. The molecule has 5 amide bonds. The summed E-state index contributed by atoms with van der Waals surface area (Å²) in [6.07, 6.45) is 12.8. The van der Waals surface area contributed by atoms with Gasteiger partial charge in [-0.15, -0.1) is 0 Å². The summed E-state index contributed by atoms with van der Waals surface area (Å²) in [6, 6.07) is 20.2. The summed E-state index contributed by atoms with van der Waals surface area (Å²) in [6.45, 7) is 8.79. The van der Waals surface area contributed by atoms with Gasteiger partial charge < -0.3 is 44.0 Å². The van der Waals surface area contributed by atoms with Crippen molar-refractivity contribution in [3.8, 4) is 22.5 Å². The third-order valence-electron chi connectivity index (χ3n) is 11.3. The van der Waals surface area contributed by atoms with Crippen molar-refractivity contribution in [2.45, 2.75) is 65.5 Å². The number of likely N-dealkylation sites (tertiary alicyclic amines) is 1. The summed E-state index contributed by atoms with van der Waals surface area (Å²) in [7, 11) is 0. The molecule has 71 heavy (non-hydrogen) atoms. The summed E-state index contributed by atoms with van der Waals surface area (Å²) in [5.74, 6) is 12.1. The van der Waals surface area contributed by atoms with E-state index in [4.69, 9.17) is 34.8 Å². The second-order valence-electron chi connectivity index (χ2n) is 16.5. The largest absolute Gasteiger partial charge is 0.364 e. The van der Waals surface area contributed by atoms with Crippen molar-refractivity contribution in [1.82, 2.24) is 39.5 Å². The first-order valence-corrected chi connectivity index (χ1v) is 22.9. The van der Waals surface area contributed by atoms with E-state index < -0.39 is 17.1 Å². The van der Waals surface area contributed by atoms with E-state index in [0.29, 0.717) is 69.9 Å². The van der Waals surface area contributed by atoms with Gasteiger partial charge in [0.25, 0.3) is 23.6 Å². The topological polar surface area (TPSA) is 307 Å². The average Bonchev–Trinajstić information content (AvgIpc) is 4.18. The minimum absolute atomic E-state index is 0.0195. The molecule has 0 aliphatic carbocycles. The highest BCUT2D eigenvalue weighted by Gasteiger charge is 2.35. The number of rotatable bonds is 12. The maximum Gasteiger partial charge on any atom is 0.269 e. The fraction of sp³-hybridized carbons (Fsp3) is 0.240. The van der Waals surface area contributed by atoms with Gasteiger partial charge in [-0.3, -0.25) is 28.8 Å². The number of nitrogens with two attached hydrogens (primary N) is 4. The molecule has 20 nitrogen and oxygen atoms in total. The van der Waals surface area contributed by atoms with Gasteiger partial charge in [-0.25, -0.2) is 29.3 Å². The Labute approximate surface area is 414 Å². The fourth-order valence-electron chi connectivity index (χ4n) is 7.85. The highest BCUT2D eigenvalue weighted by molar-refractivity contribution is 6.66. The predicted molar refractivity (Wildman–Crippen MR) is 271 cm³/mol. The summed E-state index contributed by atoms with van der Waals surface area (Å²) in [5, 5.41) is 8.40. The van der Waals surface area contributed by atoms with Crippen LogP contribution in [0.2, 0.25) is 0 Å². The summed E-state index contributed by atoms with van der Waals surface area (Å²) in [5.41, 5.74) is 16.2. The Morgan fingerprint density at radius 2 is 1.14 bits per heavy atom. The Morgan fingerprint density at radius 1 is 0.662 bits per heavy atom. The number of benzene rings is 2. The molecule has 2 fully saturated rings. The lowest BCUT2D eigenvalue weighted by molar-refractivity contribution is -0.127. The summed E-state index contributed by atoms with van der Waals surface area (Å²) >= 11 is 4.85. The third-order valence-corrected chi connectivity index (χ3v) is 11.4. The van der Waals surface area contributed by atoms with Gasteiger partial charge >= 0.3 is 0 Å². The number of nitrogen functional groups attached to an aromatic ring is 2. The molecular weight excluding hydrogens is 928 g/mol. The van der Waals surface area contributed by atoms with E-state index in [0.717, 1.165) is 36.9 Å². The normalized spacial score (nSPS) is 15.1. The Morgan fingerprint density at radius 3 is 1.54 bits per heavy atom. The molecule has 2 aliphatic rings. The van der Waals surface area contributed by atoms with Gasteiger partial charge in [-0.2, -0.15) is 0 Å². The molecule has 0 unspecified atom stereocenters. The van der Waals surface area contributed by atoms with Crippen molar-refractivity contribution in [3.05, 3.63) is 155 Å². The molecule has 2 atom stereocenters. The second kappa shape index (κ2) is 23.7. The van der Waals surface area contributed by atoms with Crippen LogP contribution in [-0.4, -0.2) is 82.1 Å². The van der Waals surface area contributed by atoms with Crippen LogP contribution in [0.3, 0.4) is 0 Å². The van der Waals surface area contributed by atoms with Crippen molar-refractivity contribution >= 4 is 58.0 Å². The first kappa shape index (κ1) is 51.9. The van der Waals surface area contributed by atoms with Crippen LogP contribution in [0.15, 0.2) is 109 Å². The van der Waals surface area contributed by atoms with Crippen molar-refractivity contribution in [2.24, 2.45) is 11.5 Å². The van der Waals surface area contributed by atoms with E-state index in [1.165, 1.54) is 21.5 Å². The SMILES string of the molecule is C/C=C/C(=O)Cl.C/C=C/C(=O)N1CCC[C@H]1c1nc(-c2ccc(C(=O)Nc3ccc(C)cn3)cc2)c(C(N)=O)n1N.Cc1ccc(NC(=O)c2ccc(-c3nc([C@@H]4CCCN4)n(N)c3C(N)=O)cc2)nc1. The van der Waals surface area contributed by atoms with Crippen molar-refractivity contribution in [3.63, 3.8) is 0 Å². The van der Waals surface area contributed by atoms with Crippen LogP contribution >= 0.6 is 11.6 Å². The van der Waals surface area contributed by atoms with E-state index >= 15 is 0 Å². The fourth-order valence-corrected chi connectivity index (χ4v) is 7.97. The number of hydrogen-bond acceptors (Lipinski definition) is 13.